The SMILES string of the molecule is C[C@@H](CNC(=O)c1ccc2c(c1)OCO2)C(=O)O. The summed E-state index contributed by atoms with van der Waals surface area (Å²) in [6, 6.07) is 4.83. The van der Waals surface area contributed by atoms with Crippen molar-refractivity contribution < 1.29 is 24.2 Å². The number of rotatable bonds is 4. The lowest BCUT2D eigenvalue weighted by molar-refractivity contribution is -0.140. The predicted octanol–water partition coefficient (Wildman–Crippen LogP) is 0.866. The molecule has 1 aromatic carbocycles. The Kier molecular flexibility index (Phi) is 3.36. The van der Waals surface area contributed by atoms with Crippen LogP contribution in [0.2, 0.25) is 0 Å². The van der Waals surface area contributed by atoms with Crippen molar-refractivity contribution in [3.8, 4) is 11.5 Å². The Hall–Kier alpha value is -2.24. The van der Waals surface area contributed by atoms with Crippen molar-refractivity contribution in [2.24, 2.45) is 5.92 Å². The Labute approximate surface area is 104 Å². The smallest absolute Gasteiger partial charge is 0.308 e. The summed E-state index contributed by atoms with van der Waals surface area (Å²) in [5.41, 5.74) is 0.414. The fourth-order valence-corrected chi connectivity index (χ4v) is 1.47. The van der Waals surface area contributed by atoms with Crippen molar-refractivity contribution in [1.29, 1.82) is 0 Å². The zero-order chi connectivity index (χ0) is 13.1. The van der Waals surface area contributed by atoms with E-state index < -0.39 is 11.9 Å². The van der Waals surface area contributed by atoms with E-state index in [2.05, 4.69) is 5.32 Å². The molecule has 1 aliphatic heterocycles. The average Bonchev–Trinajstić information content (AvgIpc) is 2.82. The van der Waals surface area contributed by atoms with E-state index in [9.17, 15) is 9.59 Å². The van der Waals surface area contributed by atoms with E-state index >= 15 is 0 Å². The highest BCUT2D eigenvalue weighted by Gasteiger charge is 2.17. The highest BCUT2D eigenvalue weighted by atomic mass is 16.7. The van der Waals surface area contributed by atoms with Gasteiger partial charge < -0.3 is 19.9 Å². The van der Waals surface area contributed by atoms with Gasteiger partial charge in [0.2, 0.25) is 6.79 Å². The minimum Gasteiger partial charge on any atom is -0.481 e. The third-order valence-corrected chi connectivity index (χ3v) is 2.63. The van der Waals surface area contributed by atoms with E-state index in [1.807, 2.05) is 0 Å². The van der Waals surface area contributed by atoms with Crippen LogP contribution in [-0.2, 0) is 4.79 Å². The van der Waals surface area contributed by atoms with Crippen LogP contribution in [0.15, 0.2) is 18.2 Å². The van der Waals surface area contributed by atoms with Gasteiger partial charge in [0, 0.05) is 12.1 Å². The minimum absolute atomic E-state index is 0.0859. The van der Waals surface area contributed by atoms with E-state index in [4.69, 9.17) is 14.6 Å². The number of ether oxygens (including phenoxy) is 2. The van der Waals surface area contributed by atoms with Crippen LogP contribution in [0.3, 0.4) is 0 Å². The maximum Gasteiger partial charge on any atom is 0.308 e. The molecule has 6 heteroatoms. The van der Waals surface area contributed by atoms with Crippen LogP contribution in [0.25, 0.3) is 0 Å². The minimum atomic E-state index is -0.944. The Balaban J connectivity index is 1.99. The van der Waals surface area contributed by atoms with Crippen LogP contribution in [0.4, 0.5) is 0 Å². The topological polar surface area (TPSA) is 84.9 Å². The maximum atomic E-state index is 11.8. The fourth-order valence-electron chi connectivity index (χ4n) is 1.47. The quantitative estimate of drug-likeness (QED) is 0.829. The summed E-state index contributed by atoms with van der Waals surface area (Å²) in [7, 11) is 0. The molecule has 0 fully saturated rings. The molecule has 18 heavy (non-hydrogen) atoms. The maximum absolute atomic E-state index is 11.8. The second kappa shape index (κ2) is 4.95. The van der Waals surface area contributed by atoms with Crippen LogP contribution >= 0.6 is 0 Å². The van der Waals surface area contributed by atoms with Crippen molar-refractivity contribution in [3.63, 3.8) is 0 Å². The molecular formula is C12H13NO5. The van der Waals surface area contributed by atoms with Crippen LogP contribution in [0.1, 0.15) is 17.3 Å². The van der Waals surface area contributed by atoms with Gasteiger partial charge in [-0.3, -0.25) is 9.59 Å². The number of carboxylic acid groups (broad SMARTS) is 1. The van der Waals surface area contributed by atoms with Crippen molar-refractivity contribution >= 4 is 11.9 Å². The summed E-state index contributed by atoms with van der Waals surface area (Å²) in [5, 5.41) is 11.3. The van der Waals surface area contributed by atoms with Gasteiger partial charge in [0.25, 0.3) is 5.91 Å². The standard InChI is InChI=1S/C12H13NO5/c1-7(12(15)16)5-13-11(14)8-2-3-9-10(4-8)18-6-17-9/h2-4,7H,5-6H2,1H3,(H,13,14)(H,15,16)/t7-/m0/s1. The van der Waals surface area contributed by atoms with E-state index in [0.717, 1.165) is 0 Å². The summed E-state index contributed by atoms with van der Waals surface area (Å²) < 4.78 is 10.3. The fraction of sp³-hybridized carbons (Fsp3) is 0.333. The van der Waals surface area contributed by atoms with Gasteiger partial charge >= 0.3 is 5.97 Å². The molecule has 6 nitrogen and oxygen atoms in total. The Morgan fingerprint density at radius 2 is 2.11 bits per heavy atom. The van der Waals surface area contributed by atoms with Gasteiger partial charge in [0.15, 0.2) is 11.5 Å². The molecule has 0 saturated carbocycles. The number of nitrogens with one attached hydrogen (secondary N) is 1. The van der Waals surface area contributed by atoms with E-state index in [1.54, 1.807) is 18.2 Å². The molecule has 0 aliphatic carbocycles. The molecule has 96 valence electrons. The first-order chi connectivity index (χ1) is 8.58. The zero-order valence-electron chi connectivity index (χ0n) is 9.80. The first-order valence-electron chi connectivity index (χ1n) is 5.48. The number of fused-ring (bicyclic) bond motifs is 1. The lowest BCUT2D eigenvalue weighted by Crippen LogP contribution is -2.31. The largest absolute Gasteiger partial charge is 0.481 e. The normalized spacial score (nSPS) is 14.1. The van der Waals surface area contributed by atoms with Gasteiger partial charge in [-0.05, 0) is 18.2 Å². The van der Waals surface area contributed by atoms with Crippen molar-refractivity contribution in [2.75, 3.05) is 13.3 Å². The van der Waals surface area contributed by atoms with Crippen LogP contribution in [0.5, 0.6) is 11.5 Å². The Morgan fingerprint density at radius 3 is 2.83 bits per heavy atom. The molecule has 0 bridgehead atoms. The van der Waals surface area contributed by atoms with E-state index in [0.29, 0.717) is 17.1 Å². The van der Waals surface area contributed by atoms with Gasteiger partial charge in [-0.1, -0.05) is 6.92 Å². The third-order valence-electron chi connectivity index (χ3n) is 2.63. The van der Waals surface area contributed by atoms with Crippen molar-refractivity contribution in [3.05, 3.63) is 23.8 Å². The monoisotopic (exact) mass is 251 g/mol. The summed E-state index contributed by atoms with van der Waals surface area (Å²) >= 11 is 0. The molecule has 1 aromatic rings. The molecule has 1 aliphatic rings. The number of benzene rings is 1. The van der Waals surface area contributed by atoms with Gasteiger partial charge in [-0.15, -0.1) is 0 Å². The lowest BCUT2D eigenvalue weighted by atomic mass is 10.1. The van der Waals surface area contributed by atoms with Crippen LogP contribution < -0.4 is 14.8 Å². The number of carbonyl (C=O) groups excluding carboxylic acids is 1. The average molecular weight is 251 g/mol. The zero-order valence-corrected chi connectivity index (χ0v) is 9.80. The number of hydrogen-bond acceptors (Lipinski definition) is 4. The molecule has 1 atom stereocenters. The van der Waals surface area contributed by atoms with Crippen LogP contribution in [0, 0.1) is 5.92 Å². The van der Waals surface area contributed by atoms with E-state index in [-0.39, 0.29) is 19.2 Å². The predicted molar refractivity (Wildman–Crippen MR) is 61.7 cm³/mol. The summed E-state index contributed by atoms with van der Waals surface area (Å²) in [6.07, 6.45) is 0. The van der Waals surface area contributed by atoms with Gasteiger partial charge in [0.1, 0.15) is 0 Å². The Morgan fingerprint density at radius 1 is 1.39 bits per heavy atom. The number of aliphatic carboxylic acids is 1. The number of carboxylic acids is 1. The molecule has 0 radical (unpaired) electrons. The molecule has 2 rings (SSSR count). The van der Waals surface area contributed by atoms with Gasteiger partial charge in [-0.2, -0.15) is 0 Å². The van der Waals surface area contributed by atoms with Crippen molar-refractivity contribution in [2.45, 2.75) is 6.92 Å². The highest BCUT2D eigenvalue weighted by molar-refractivity contribution is 5.95. The summed E-state index contributed by atoms with van der Waals surface area (Å²) in [4.78, 5) is 22.4. The molecule has 1 amide bonds. The van der Waals surface area contributed by atoms with Gasteiger partial charge in [0.05, 0.1) is 5.92 Å². The second-order valence-corrected chi connectivity index (χ2v) is 4.02. The first-order valence-corrected chi connectivity index (χ1v) is 5.48. The molecule has 2 N–H and O–H groups in total. The molecule has 0 unspecified atom stereocenters. The van der Waals surface area contributed by atoms with E-state index in [1.165, 1.54) is 6.92 Å². The molecule has 1 heterocycles. The summed E-state index contributed by atoms with van der Waals surface area (Å²) in [5.74, 6) is -0.773. The first kappa shape index (κ1) is 12.2. The molecule has 0 spiro atoms. The lowest BCUT2D eigenvalue weighted by Gasteiger charge is -2.08. The second-order valence-electron chi connectivity index (χ2n) is 4.02. The number of hydrogen-bond donors (Lipinski definition) is 2. The van der Waals surface area contributed by atoms with Crippen LogP contribution in [-0.4, -0.2) is 30.3 Å². The summed E-state index contributed by atoms with van der Waals surface area (Å²) in [6.45, 7) is 1.77. The number of carbonyl (C=O) groups is 2. The number of amides is 1. The molecular weight excluding hydrogens is 238 g/mol. The molecule has 0 saturated heterocycles. The van der Waals surface area contributed by atoms with Gasteiger partial charge in [-0.25, -0.2) is 0 Å². The Bertz CT molecular complexity index is 485. The highest BCUT2D eigenvalue weighted by Crippen LogP contribution is 2.32. The molecule has 0 aromatic heterocycles. The van der Waals surface area contributed by atoms with Crippen molar-refractivity contribution in [1.82, 2.24) is 5.32 Å². The third kappa shape index (κ3) is 2.53.